The third-order valence-electron chi connectivity index (χ3n) is 4.46. The molecule has 0 spiro atoms. The van der Waals surface area contributed by atoms with Crippen LogP contribution < -0.4 is 10.8 Å². The summed E-state index contributed by atoms with van der Waals surface area (Å²) in [6, 6.07) is 8.12. The molecule has 4 N–H and O–H groups in total. The molecule has 1 atom stereocenters. The summed E-state index contributed by atoms with van der Waals surface area (Å²) in [5.41, 5.74) is 1.22. The number of benzene rings is 1. The lowest BCUT2D eigenvalue weighted by molar-refractivity contribution is -0.148. The van der Waals surface area contributed by atoms with Crippen LogP contribution in [-0.4, -0.2) is 52.6 Å². The summed E-state index contributed by atoms with van der Waals surface area (Å²) in [5, 5.41) is 20.3. The first-order valence-corrected chi connectivity index (χ1v) is 8.03. The van der Waals surface area contributed by atoms with E-state index in [1.807, 2.05) is 0 Å². The molecule has 0 radical (unpaired) electrons. The number of carbonyl (C=O) groups is 3. The summed E-state index contributed by atoms with van der Waals surface area (Å²) >= 11 is 0. The van der Waals surface area contributed by atoms with Gasteiger partial charge in [-0.25, -0.2) is 5.48 Å². The number of nitrogens with one attached hydrogen (secondary N) is 2. The van der Waals surface area contributed by atoms with Crippen LogP contribution in [0.15, 0.2) is 41.0 Å². The molecule has 0 saturated heterocycles. The number of furan rings is 1. The van der Waals surface area contributed by atoms with E-state index in [4.69, 9.17) is 14.7 Å². The van der Waals surface area contributed by atoms with Gasteiger partial charge in [0.05, 0.1) is 6.26 Å². The van der Waals surface area contributed by atoms with Crippen LogP contribution in [0.25, 0.3) is 11.1 Å². The maximum atomic E-state index is 12.8. The lowest BCUT2D eigenvalue weighted by Gasteiger charge is -2.34. The molecule has 1 aromatic carbocycles. The first-order valence-electron chi connectivity index (χ1n) is 8.03. The van der Waals surface area contributed by atoms with Gasteiger partial charge in [0.15, 0.2) is 5.54 Å². The summed E-state index contributed by atoms with van der Waals surface area (Å²) in [5.74, 6) is -1.96. The summed E-state index contributed by atoms with van der Waals surface area (Å²) < 4.78 is 5.17. The van der Waals surface area contributed by atoms with Crippen molar-refractivity contribution >= 4 is 17.7 Å². The minimum absolute atomic E-state index is 0.216. The molecule has 0 bridgehead atoms. The molecule has 0 aliphatic rings. The monoisotopic (exact) mass is 375 g/mol. The van der Waals surface area contributed by atoms with Gasteiger partial charge in [-0.05, 0) is 30.7 Å². The third kappa shape index (κ3) is 3.69. The maximum Gasteiger partial charge on any atom is 0.278 e. The van der Waals surface area contributed by atoms with Crippen LogP contribution in [0.2, 0.25) is 0 Å². The number of rotatable bonds is 6. The average Bonchev–Trinajstić information content (AvgIpc) is 3.20. The van der Waals surface area contributed by atoms with Gasteiger partial charge >= 0.3 is 0 Å². The molecular formula is C18H21N3O6. The molecule has 0 unspecified atom stereocenters. The summed E-state index contributed by atoms with van der Waals surface area (Å²) in [6.07, 6.45) is 1.49. The Hall–Kier alpha value is -3.17. The van der Waals surface area contributed by atoms with Gasteiger partial charge in [-0.1, -0.05) is 12.1 Å². The van der Waals surface area contributed by atoms with Crippen molar-refractivity contribution in [2.45, 2.75) is 19.1 Å². The standard InChI is InChI=1S/C18H21N3O6/c1-18(16(24)19-2,17(25)20-26)21(3)15(23)12-6-4-11(5-7-12)13-8-14(9-22)27-10-13/h4-8,10,22,26H,9H2,1-3H3,(H,19,24)(H,20,25)/t18-/m0/s1. The van der Waals surface area contributed by atoms with Crippen molar-refractivity contribution in [2.24, 2.45) is 0 Å². The normalized spacial score (nSPS) is 12.8. The number of hydrogen-bond acceptors (Lipinski definition) is 6. The molecule has 1 aromatic heterocycles. The van der Waals surface area contributed by atoms with Crippen molar-refractivity contribution < 1.29 is 29.1 Å². The fourth-order valence-electron chi connectivity index (χ4n) is 2.58. The number of aliphatic hydroxyl groups is 1. The molecule has 0 fully saturated rings. The molecule has 1 heterocycles. The molecule has 0 aliphatic heterocycles. The Morgan fingerprint density at radius 1 is 1.15 bits per heavy atom. The lowest BCUT2D eigenvalue weighted by Crippen LogP contribution is -2.64. The number of amides is 3. The second kappa shape index (κ2) is 8.02. The Kier molecular flexibility index (Phi) is 5.98. The Labute approximate surface area is 155 Å². The number of likely N-dealkylation sites (N-methyl/N-ethyl adjacent to an activating group) is 2. The topological polar surface area (TPSA) is 132 Å². The predicted octanol–water partition coefficient (Wildman–Crippen LogP) is 0.521. The van der Waals surface area contributed by atoms with Crippen molar-refractivity contribution in [2.75, 3.05) is 14.1 Å². The van der Waals surface area contributed by atoms with Crippen molar-refractivity contribution in [3.05, 3.63) is 47.9 Å². The largest absolute Gasteiger partial charge is 0.466 e. The predicted molar refractivity (Wildman–Crippen MR) is 94.6 cm³/mol. The lowest BCUT2D eigenvalue weighted by atomic mass is 9.96. The Morgan fingerprint density at radius 2 is 1.78 bits per heavy atom. The van der Waals surface area contributed by atoms with Crippen molar-refractivity contribution in [1.29, 1.82) is 0 Å². The minimum atomic E-state index is -1.94. The highest BCUT2D eigenvalue weighted by atomic mass is 16.5. The van der Waals surface area contributed by atoms with Crippen molar-refractivity contribution in [3.63, 3.8) is 0 Å². The van der Waals surface area contributed by atoms with Gasteiger partial charge in [-0.2, -0.15) is 0 Å². The van der Waals surface area contributed by atoms with Gasteiger partial charge in [0.25, 0.3) is 17.7 Å². The van der Waals surface area contributed by atoms with Gasteiger partial charge in [-0.15, -0.1) is 0 Å². The van der Waals surface area contributed by atoms with Crippen molar-refractivity contribution in [3.8, 4) is 11.1 Å². The first-order chi connectivity index (χ1) is 12.8. The highest BCUT2D eigenvalue weighted by molar-refractivity contribution is 6.12. The zero-order chi connectivity index (χ0) is 20.2. The van der Waals surface area contributed by atoms with Gasteiger partial charge in [0.1, 0.15) is 12.4 Å². The van der Waals surface area contributed by atoms with Crippen LogP contribution in [0.4, 0.5) is 0 Å². The Bertz CT molecular complexity index is 827. The number of nitrogens with zero attached hydrogens (tertiary/aromatic N) is 1. The van der Waals surface area contributed by atoms with E-state index in [2.05, 4.69) is 5.32 Å². The number of hydroxylamine groups is 1. The van der Waals surface area contributed by atoms with Crippen LogP contribution in [-0.2, 0) is 16.2 Å². The number of aliphatic hydroxyl groups excluding tert-OH is 1. The Balaban J connectivity index is 2.30. The van der Waals surface area contributed by atoms with E-state index < -0.39 is 23.3 Å². The van der Waals surface area contributed by atoms with Gasteiger partial charge < -0.3 is 19.7 Å². The first kappa shape index (κ1) is 20.1. The minimum Gasteiger partial charge on any atom is -0.466 e. The van der Waals surface area contributed by atoms with E-state index >= 15 is 0 Å². The van der Waals surface area contributed by atoms with Crippen molar-refractivity contribution in [1.82, 2.24) is 15.7 Å². The second-order valence-corrected chi connectivity index (χ2v) is 5.99. The van der Waals surface area contributed by atoms with Gasteiger partial charge in [0, 0.05) is 25.2 Å². The molecule has 9 nitrogen and oxygen atoms in total. The summed E-state index contributed by atoms with van der Waals surface area (Å²) in [6.45, 7) is 1.01. The zero-order valence-electron chi connectivity index (χ0n) is 15.1. The molecule has 144 valence electrons. The number of hydrogen-bond donors (Lipinski definition) is 4. The molecule has 2 aromatic rings. The molecule has 27 heavy (non-hydrogen) atoms. The SMILES string of the molecule is CNC(=O)[C@@](C)(C(=O)NO)N(C)C(=O)c1ccc(-c2coc(CO)c2)cc1. The fraction of sp³-hybridized carbons (Fsp3) is 0.278. The van der Waals surface area contributed by atoms with Crippen LogP contribution in [0.1, 0.15) is 23.0 Å². The highest BCUT2D eigenvalue weighted by Gasteiger charge is 2.47. The van der Waals surface area contributed by atoms with Crippen LogP contribution in [0, 0.1) is 0 Å². The number of carbonyl (C=O) groups excluding carboxylic acids is 3. The summed E-state index contributed by atoms with van der Waals surface area (Å²) in [7, 11) is 2.62. The second-order valence-electron chi connectivity index (χ2n) is 5.99. The average molecular weight is 375 g/mol. The van der Waals surface area contributed by atoms with Gasteiger partial charge in [-0.3, -0.25) is 19.6 Å². The highest BCUT2D eigenvalue weighted by Crippen LogP contribution is 2.24. The molecule has 0 saturated carbocycles. The summed E-state index contributed by atoms with van der Waals surface area (Å²) in [4.78, 5) is 37.9. The molecular weight excluding hydrogens is 354 g/mol. The van der Waals surface area contributed by atoms with E-state index in [0.29, 0.717) is 5.76 Å². The fourth-order valence-corrected chi connectivity index (χ4v) is 2.58. The van der Waals surface area contributed by atoms with E-state index in [0.717, 1.165) is 16.0 Å². The Morgan fingerprint density at radius 3 is 2.26 bits per heavy atom. The van der Waals surface area contributed by atoms with E-state index in [1.54, 1.807) is 30.3 Å². The molecule has 0 aliphatic carbocycles. The van der Waals surface area contributed by atoms with Crippen LogP contribution in [0.5, 0.6) is 0 Å². The maximum absolute atomic E-state index is 12.8. The van der Waals surface area contributed by atoms with E-state index in [1.165, 1.54) is 32.8 Å². The molecule has 2 rings (SSSR count). The molecule has 9 heteroatoms. The third-order valence-corrected chi connectivity index (χ3v) is 4.46. The van der Waals surface area contributed by atoms with Crippen LogP contribution in [0.3, 0.4) is 0 Å². The molecule has 3 amide bonds. The van der Waals surface area contributed by atoms with E-state index in [-0.39, 0.29) is 12.2 Å². The quantitative estimate of drug-likeness (QED) is 0.331. The zero-order valence-corrected chi connectivity index (χ0v) is 15.1. The van der Waals surface area contributed by atoms with Crippen LogP contribution >= 0.6 is 0 Å². The smallest absolute Gasteiger partial charge is 0.278 e. The van der Waals surface area contributed by atoms with E-state index in [9.17, 15) is 14.4 Å². The van der Waals surface area contributed by atoms with Gasteiger partial charge in [0.2, 0.25) is 0 Å².